The van der Waals surface area contributed by atoms with Gasteiger partial charge in [-0.2, -0.15) is 0 Å². The van der Waals surface area contributed by atoms with Crippen molar-refractivity contribution >= 4 is 52.6 Å². The van der Waals surface area contributed by atoms with Gasteiger partial charge < -0.3 is 14.3 Å². The molecule has 0 aromatic heterocycles. The second-order valence-electron chi connectivity index (χ2n) is 8.70. The molecule has 0 saturated carbocycles. The van der Waals surface area contributed by atoms with Crippen molar-refractivity contribution < 1.29 is 64.8 Å². The first-order chi connectivity index (χ1) is 20.0. The number of thioether (sulfide) groups is 1. The summed E-state index contributed by atoms with van der Waals surface area (Å²) in [5, 5.41) is 22.0. The van der Waals surface area contributed by atoms with Crippen LogP contribution in [0.15, 0.2) is 45.6 Å². The van der Waals surface area contributed by atoms with Crippen molar-refractivity contribution in [3.8, 4) is 17.2 Å². The molecule has 1 heterocycles. The molecule has 0 spiro atoms. The van der Waals surface area contributed by atoms with Gasteiger partial charge in [0.2, 0.25) is 0 Å². The van der Waals surface area contributed by atoms with Gasteiger partial charge in [-0.3, -0.25) is 14.4 Å². The van der Waals surface area contributed by atoms with Gasteiger partial charge in [0, 0.05) is 12.1 Å². The Hall–Kier alpha value is -3.77. The van der Waals surface area contributed by atoms with E-state index in [1.807, 2.05) is 4.93 Å². The molecule has 2 atom stereocenters. The summed E-state index contributed by atoms with van der Waals surface area (Å²) in [4.78, 5) is 77.3. The summed E-state index contributed by atoms with van der Waals surface area (Å²) >= 11 is 0.519. The average molecular weight is 715 g/mol. The van der Waals surface area contributed by atoms with Crippen LogP contribution in [0.25, 0.3) is 22.6 Å². The number of carbonyl (C=O) groups is 5. The van der Waals surface area contributed by atoms with Gasteiger partial charge in [-0.25, -0.2) is 4.98 Å². The molecule has 1 aromatic carbocycles. The summed E-state index contributed by atoms with van der Waals surface area (Å²) < 4.78 is 14.0. The minimum absolute atomic E-state index is 0.0671. The van der Waals surface area contributed by atoms with Gasteiger partial charge in [0.05, 0.1) is 0 Å². The Morgan fingerprint density at radius 1 is 1.07 bits per heavy atom. The van der Waals surface area contributed by atoms with Crippen LogP contribution in [0.2, 0.25) is 0 Å². The number of halogens is 1. The maximum atomic E-state index is 12.5. The van der Waals surface area contributed by atoms with Gasteiger partial charge in [-0.05, 0) is 24.3 Å². The van der Waals surface area contributed by atoms with Crippen LogP contribution in [0, 0.1) is 0 Å². The molecule has 0 bridgehead atoms. The first kappa shape index (κ1) is 32.7. The normalized spacial score (nSPS) is 12.5. The van der Waals surface area contributed by atoms with Crippen molar-refractivity contribution in [2.45, 2.75) is 30.6 Å². The van der Waals surface area contributed by atoms with Crippen LogP contribution < -0.4 is 45.8 Å². The molecular weight excluding hydrogens is 687 g/mol. The van der Waals surface area contributed by atoms with E-state index in [2.05, 4.69) is 19.1 Å². The number of fused-ring (bicyclic) bond motifs is 2. The number of carboxylic acids is 2. The zero-order chi connectivity index (χ0) is 30.6. The Bertz CT molecular complexity index is 1480. The molecule has 14 nitrogen and oxygen atoms in total. The number of carbonyl (C=O) groups excluding carboxylic acids is 3. The van der Waals surface area contributed by atoms with Gasteiger partial charge in [-0.1, -0.05) is 0 Å². The fourth-order valence-corrected chi connectivity index (χ4v) is 5.88. The Kier molecular flexibility index (Phi) is 12.5. The van der Waals surface area contributed by atoms with Gasteiger partial charge in [-0.15, -0.1) is 0 Å². The molecule has 2 amide bonds. The van der Waals surface area contributed by atoms with Crippen LogP contribution in [-0.4, -0.2) is 80.0 Å². The summed E-state index contributed by atoms with van der Waals surface area (Å²) in [5.74, 6) is -3.45. The van der Waals surface area contributed by atoms with Crippen molar-refractivity contribution in [1.82, 2.24) is 19.1 Å². The number of aromatic nitrogens is 1. The van der Waals surface area contributed by atoms with Crippen molar-refractivity contribution in [1.29, 1.82) is 0 Å². The first-order valence-corrected chi connectivity index (χ1v) is 16.7. The molecular formula is C26H28IN4O10S-. The number of hydrogen-bond acceptors (Lipinski definition) is 11. The van der Waals surface area contributed by atoms with Crippen LogP contribution in [0.1, 0.15) is 19.3 Å². The van der Waals surface area contributed by atoms with E-state index in [1.165, 1.54) is 24.3 Å². The molecule has 42 heavy (non-hydrogen) atoms. The molecule has 0 radical (unpaired) electrons. The van der Waals surface area contributed by atoms with Gasteiger partial charge in [0.1, 0.15) is 17.0 Å². The fraction of sp³-hybridized carbons (Fsp3) is 0.346. The molecule has 1 aliphatic carbocycles. The average Bonchev–Trinajstić information content (AvgIpc) is 2.94. The van der Waals surface area contributed by atoms with E-state index in [0.29, 0.717) is 16.8 Å². The summed E-state index contributed by atoms with van der Waals surface area (Å²) in [5.41, 5.74) is 1.07. The third-order valence-electron chi connectivity index (χ3n) is 5.57. The van der Waals surface area contributed by atoms with Crippen LogP contribution in [0.4, 0.5) is 0 Å². The quantitative estimate of drug-likeness (QED) is 0.0259. The third-order valence-corrected chi connectivity index (χ3v) is 8.17. The Labute approximate surface area is 253 Å². The minimum atomic E-state index is -1.25. The number of ether oxygens (including phenoxy) is 1. The van der Waals surface area contributed by atoms with Crippen LogP contribution in [0.5, 0.6) is 5.75 Å². The summed E-state index contributed by atoms with van der Waals surface area (Å²) in [6, 6.07) is 7.99. The van der Waals surface area contributed by atoms with Gasteiger partial charge >= 0.3 is 151 Å². The number of hydrogen-bond donors (Lipinski definition) is 5. The number of amides is 2. The Morgan fingerprint density at radius 3 is 2.57 bits per heavy atom. The Balaban J connectivity index is 1.55. The number of aliphatic carboxylic acids is 2. The van der Waals surface area contributed by atoms with E-state index in [0.717, 1.165) is 11.8 Å². The van der Waals surface area contributed by atoms with E-state index in [-0.39, 0.29) is 48.5 Å². The predicted octanol–water partition coefficient (Wildman–Crippen LogP) is -2.54. The van der Waals surface area contributed by atoms with Crippen LogP contribution >= 0.6 is 11.8 Å². The van der Waals surface area contributed by atoms with E-state index in [9.17, 15) is 33.9 Å². The van der Waals surface area contributed by atoms with Gasteiger partial charge in [0.15, 0.2) is 16.8 Å². The first-order valence-electron chi connectivity index (χ1n) is 12.5. The number of nitrogens with one attached hydrogen (secondary N) is 3. The SMILES string of the molecule is C[I-]NC(CCC(=O)NCC(SCCC(=O)Oc1ccc2nc3ccc(=O)cc-3oc2c1)C(=O)NCC(=O)O)C(=O)O. The van der Waals surface area contributed by atoms with Crippen molar-refractivity contribution in [2.24, 2.45) is 0 Å². The third kappa shape index (κ3) is 10.3. The molecule has 1 aromatic rings. The molecule has 226 valence electrons. The number of alkyl halides is 1. The zero-order valence-electron chi connectivity index (χ0n) is 22.3. The molecule has 1 aliphatic heterocycles. The second-order valence-corrected chi connectivity index (χ2v) is 11.7. The molecule has 0 fully saturated rings. The van der Waals surface area contributed by atoms with Crippen molar-refractivity contribution in [3.05, 3.63) is 46.6 Å². The summed E-state index contributed by atoms with van der Waals surface area (Å²) in [6.45, 7) is -0.778. The van der Waals surface area contributed by atoms with Crippen LogP contribution in [-0.2, 0) is 24.0 Å². The maximum absolute atomic E-state index is 12.5. The molecule has 2 aliphatic rings. The standard InChI is InChI=1S/C26H28IN4O10S/c1-27-31-18(26(38)39)6-7-22(33)28-12-21(25(37)29-13-23(34)35)42-9-8-24(36)40-15-3-5-17-20(11-15)41-19-10-14(32)2-4-16(19)30-17/h2-5,10-11,18,21,31H,6-9,12-13H2,1H3,(H,28,33)(H,29,37)(H,34,35)(H,38,39)/q-1. The monoisotopic (exact) mass is 715 g/mol. The number of nitrogens with zero attached hydrogens (tertiary/aromatic N) is 1. The molecule has 5 N–H and O–H groups in total. The summed E-state index contributed by atoms with van der Waals surface area (Å²) in [6.07, 6.45) is -0.134. The van der Waals surface area contributed by atoms with E-state index >= 15 is 0 Å². The Morgan fingerprint density at radius 2 is 1.86 bits per heavy atom. The molecule has 16 heteroatoms. The fourth-order valence-electron chi connectivity index (χ4n) is 3.55. The number of esters is 1. The molecule has 3 rings (SSSR count). The number of benzene rings is 2. The second kappa shape index (κ2) is 16.0. The predicted molar refractivity (Wildman–Crippen MR) is 147 cm³/mol. The molecule has 2 unspecified atom stereocenters. The summed E-state index contributed by atoms with van der Waals surface area (Å²) in [7, 11) is 0. The van der Waals surface area contributed by atoms with Gasteiger partial charge in [0.25, 0.3) is 0 Å². The van der Waals surface area contributed by atoms with E-state index in [4.69, 9.17) is 14.3 Å². The topological polar surface area (TPSA) is 214 Å². The van der Waals surface area contributed by atoms with E-state index < -0.39 is 69.0 Å². The number of rotatable bonds is 16. The zero-order valence-corrected chi connectivity index (χ0v) is 25.2. The van der Waals surface area contributed by atoms with Crippen molar-refractivity contribution in [3.63, 3.8) is 0 Å². The van der Waals surface area contributed by atoms with Crippen LogP contribution in [0.3, 0.4) is 0 Å². The van der Waals surface area contributed by atoms with E-state index in [1.54, 1.807) is 12.1 Å². The molecule has 0 saturated heterocycles. The van der Waals surface area contributed by atoms with Crippen molar-refractivity contribution in [2.75, 3.05) is 23.8 Å². The number of carboxylic acid groups (broad SMARTS) is 2.